The average Bonchev–Trinajstić information content (AvgIpc) is 3.12. The molecule has 0 unspecified atom stereocenters. The summed E-state index contributed by atoms with van der Waals surface area (Å²) >= 11 is 0. The van der Waals surface area contributed by atoms with E-state index in [-0.39, 0.29) is 40.3 Å². The van der Waals surface area contributed by atoms with E-state index < -0.39 is 27.7 Å². The molecule has 0 fully saturated rings. The number of carbonyl (C=O) groups is 1. The van der Waals surface area contributed by atoms with Crippen molar-refractivity contribution in [1.29, 1.82) is 0 Å². The number of rotatable bonds is 7. The number of hydrogen-bond donors (Lipinski definition) is 2. The Bertz CT molecular complexity index is 1260. The molecule has 3 aromatic rings. The van der Waals surface area contributed by atoms with Crippen LogP contribution in [0.5, 0.6) is 5.75 Å². The first-order valence-corrected chi connectivity index (χ1v) is 10.8. The van der Waals surface area contributed by atoms with Crippen molar-refractivity contribution in [2.45, 2.75) is 37.5 Å². The summed E-state index contributed by atoms with van der Waals surface area (Å²) in [4.78, 5) is 12.4. The topological polar surface area (TPSA) is 115 Å². The Hall–Kier alpha value is -3.19. The third kappa shape index (κ3) is 4.99. The first kappa shape index (κ1) is 23.5. The van der Waals surface area contributed by atoms with Crippen LogP contribution in [0.15, 0.2) is 41.4 Å². The molecular formula is C19H20F3N5O4S. The lowest BCUT2D eigenvalue weighted by Gasteiger charge is -2.14. The summed E-state index contributed by atoms with van der Waals surface area (Å²) in [6, 6.07) is 5.53. The zero-order chi connectivity index (χ0) is 23.7. The van der Waals surface area contributed by atoms with Crippen LogP contribution in [-0.4, -0.2) is 42.1 Å². The van der Waals surface area contributed by atoms with Gasteiger partial charge < -0.3 is 10.1 Å². The SMILES string of the molecule is COc1ccc(C(=O)NCc2nnc3ccc(C(F)(F)F)cn23)cc1S(=O)(=O)NC(C)C. The fraction of sp³-hybridized carbons (Fsp3) is 0.316. The number of benzene rings is 1. The van der Waals surface area contributed by atoms with Gasteiger partial charge >= 0.3 is 6.18 Å². The maximum atomic E-state index is 13.0. The van der Waals surface area contributed by atoms with E-state index in [9.17, 15) is 26.4 Å². The van der Waals surface area contributed by atoms with Gasteiger partial charge in [-0.05, 0) is 44.2 Å². The number of alkyl halides is 3. The maximum Gasteiger partial charge on any atom is 0.417 e. The lowest BCUT2D eigenvalue weighted by molar-refractivity contribution is -0.137. The fourth-order valence-corrected chi connectivity index (χ4v) is 4.34. The Morgan fingerprint density at radius 2 is 1.91 bits per heavy atom. The highest BCUT2D eigenvalue weighted by Gasteiger charge is 2.31. The number of halogens is 3. The molecule has 2 aromatic heterocycles. The van der Waals surface area contributed by atoms with Gasteiger partial charge in [-0.15, -0.1) is 10.2 Å². The monoisotopic (exact) mass is 471 g/mol. The van der Waals surface area contributed by atoms with Gasteiger partial charge in [0, 0.05) is 17.8 Å². The molecule has 32 heavy (non-hydrogen) atoms. The van der Waals surface area contributed by atoms with Gasteiger partial charge in [0.15, 0.2) is 11.5 Å². The highest BCUT2D eigenvalue weighted by molar-refractivity contribution is 7.89. The molecule has 13 heteroatoms. The van der Waals surface area contributed by atoms with Gasteiger partial charge in [0.2, 0.25) is 10.0 Å². The van der Waals surface area contributed by atoms with E-state index in [1.807, 2.05) is 0 Å². The number of sulfonamides is 1. The lowest BCUT2D eigenvalue weighted by Crippen LogP contribution is -2.31. The van der Waals surface area contributed by atoms with Crippen LogP contribution in [0.25, 0.3) is 5.65 Å². The summed E-state index contributed by atoms with van der Waals surface area (Å²) in [5, 5.41) is 10.1. The minimum Gasteiger partial charge on any atom is -0.495 e. The van der Waals surface area contributed by atoms with Crippen LogP contribution >= 0.6 is 0 Å². The third-order valence-corrected chi connectivity index (χ3v) is 5.99. The van der Waals surface area contributed by atoms with E-state index in [4.69, 9.17) is 4.74 Å². The van der Waals surface area contributed by atoms with Gasteiger partial charge in [0.25, 0.3) is 5.91 Å². The van der Waals surface area contributed by atoms with Crippen molar-refractivity contribution in [3.05, 3.63) is 53.5 Å². The number of methoxy groups -OCH3 is 1. The summed E-state index contributed by atoms with van der Waals surface area (Å²) in [7, 11) is -2.65. The summed E-state index contributed by atoms with van der Waals surface area (Å²) in [6.07, 6.45) is -3.71. The van der Waals surface area contributed by atoms with Crippen molar-refractivity contribution in [2.75, 3.05) is 7.11 Å². The number of aromatic nitrogens is 3. The number of pyridine rings is 1. The Kier molecular flexibility index (Phi) is 6.41. The molecule has 172 valence electrons. The van der Waals surface area contributed by atoms with Gasteiger partial charge in [0.05, 0.1) is 19.2 Å². The van der Waals surface area contributed by atoms with Crippen molar-refractivity contribution in [1.82, 2.24) is 24.6 Å². The quantitative estimate of drug-likeness (QED) is 0.547. The van der Waals surface area contributed by atoms with E-state index in [1.165, 1.54) is 25.3 Å². The van der Waals surface area contributed by atoms with Crippen molar-refractivity contribution in [3.8, 4) is 5.75 Å². The summed E-state index contributed by atoms with van der Waals surface area (Å²) < 4.78 is 72.7. The largest absolute Gasteiger partial charge is 0.495 e. The molecule has 2 N–H and O–H groups in total. The van der Waals surface area contributed by atoms with E-state index in [1.54, 1.807) is 13.8 Å². The molecule has 0 atom stereocenters. The number of amides is 1. The molecule has 0 saturated heterocycles. The number of carbonyl (C=O) groups excluding carboxylic acids is 1. The Balaban J connectivity index is 1.85. The number of hydrogen-bond acceptors (Lipinski definition) is 6. The van der Waals surface area contributed by atoms with Gasteiger partial charge in [0.1, 0.15) is 10.6 Å². The molecule has 0 radical (unpaired) electrons. The second kappa shape index (κ2) is 8.74. The molecule has 0 bridgehead atoms. The number of ether oxygens (including phenoxy) is 1. The van der Waals surface area contributed by atoms with Gasteiger partial charge in [-0.2, -0.15) is 13.2 Å². The normalized spacial score (nSPS) is 12.3. The molecule has 9 nitrogen and oxygen atoms in total. The second-order valence-electron chi connectivity index (χ2n) is 7.08. The van der Waals surface area contributed by atoms with Crippen LogP contribution in [0.3, 0.4) is 0 Å². The van der Waals surface area contributed by atoms with Crippen LogP contribution in [-0.2, 0) is 22.7 Å². The van der Waals surface area contributed by atoms with Gasteiger partial charge in [-0.1, -0.05) is 0 Å². The van der Waals surface area contributed by atoms with Crippen LogP contribution in [0.4, 0.5) is 13.2 Å². The van der Waals surface area contributed by atoms with Crippen molar-refractivity contribution < 1.29 is 31.1 Å². The molecule has 0 saturated carbocycles. The fourth-order valence-electron chi connectivity index (χ4n) is 2.89. The van der Waals surface area contributed by atoms with Crippen LogP contribution in [0.1, 0.15) is 35.6 Å². The first-order chi connectivity index (χ1) is 14.9. The summed E-state index contributed by atoms with van der Waals surface area (Å²) in [6.45, 7) is 3.06. The lowest BCUT2D eigenvalue weighted by atomic mass is 10.2. The van der Waals surface area contributed by atoms with Crippen molar-refractivity contribution in [3.63, 3.8) is 0 Å². The van der Waals surface area contributed by atoms with Crippen LogP contribution in [0.2, 0.25) is 0 Å². The van der Waals surface area contributed by atoms with E-state index in [0.717, 1.165) is 22.7 Å². The predicted octanol–water partition coefficient (Wildman–Crippen LogP) is 2.37. The van der Waals surface area contributed by atoms with E-state index in [2.05, 4.69) is 20.2 Å². The van der Waals surface area contributed by atoms with Crippen molar-refractivity contribution >= 4 is 21.6 Å². The third-order valence-electron chi connectivity index (χ3n) is 4.31. The minimum absolute atomic E-state index is 0.0136. The van der Waals surface area contributed by atoms with Gasteiger partial charge in [-0.3, -0.25) is 9.20 Å². The minimum atomic E-state index is -4.55. The second-order valence-corrected chi connectivity index (χ2v) is 8.77. The number of nitrogens with one attached hydrogen (secondary N) is 2. The average molecular weight is 471 g/mol. The standard InChI is InChI=1S/C19H20F3N5O4S/c1-11(2)26-32(29,30)15-8-12(4-6-14(15)31-3)18(28)23-9-17-25-24-16-7-5-13(10-27(16)17)19(20,21)22/h4-8,10-11,26H,9H2,1-3H3,(H,23,28). The Morgan fingerprint density at radius 3 is 2.53 bits per heavy atom. The maximum absolute atomic E-state index is 13.0. The zero-order valence-corrected chi connectivity index (χ0v) is 18.1. The molecular weight excluding hydrogens is 451 g/mol. The summed E-state index contributed by atoms with van der Waals surface area (Å²) in [5.41, 5.74) is -0.695. The molecule has 1 amide bonds. The highest BCUT2D eigenvalue weighted by atomic mass is 32.2. The smallest absolute Gasteiger partial charge is 0.417 e. The predicted molar refractivity (Wildman–Crippen MR) is 108 cm³/mol. The van der Waals surface area contributed by atoms with Crippen LogP contribution < -0.4 is 14.8 Å². The van der Waals surface area contributed by atoms with Crippen molar-refractivity contribution in [2.24, 2.45) is 0 Å². The molecule has 1 aromatic carbocycles. The van der Waals surface area contributed by atoms with E-state index in [0.29, 0.717) is 0 Å². The first-order valence-electron chi connectivity index (χ1n) is 9.32. The zero-order valence-electron chi connectivity index (χ0n) is 17.3. The number of fused-ring (bicyclic) bond motifs is 1. The molecule has 2 heterocycles. The summed E-state index contributed by atoms with van der Waals surface area (Å²) in [5.74, 6) is -0.530. The molecule has 0 aliphatic rings. The Labute approximate surface area is 181 Å². The molecule has 0 aliphatic heterocycles. The molecule has 3 rings (SSSR count). The van der Waals surface area contributed by atoms with Crippen LogP contribution in [0, 0.1) is 0 Å². The number of nitrogens with zero attached hydrogens (tertiary/aromatic N) is 3. The van der Waals surface area contributed by atoms with Gasteiger partial charge in [-0.25, -0.2) is 13.1 Å². The Morgan fingerprint density at radius 1 is 1.19 bits per heavy atom. The highest BCUT2D eigenvalue weighted by Crippen LogP contribution is 2.29. The molecule has 0 aliphatic carbocycles. The van der Waals surface area contributed by atoms with E-state index >= 15 is 0 Å². The molecule has 0 spiro atoms.